The number of carbonyl (C=O) groups excluding carboxylic acids is 1. The number of amides is 1. The second-order valence-corrected chi connectivity index (χ2v) is 4.43. The maximum Gasteiger partial charge on any atom is 0.334 e. The number of carboxylic acids is 1. The minimum Gasteiger partial charge on any atom is -0.479 e. The minimum absolute atomic E-state index is 0.0210. The highest BCUT2D eigenvalue weighted by Gasteiger charge is 2.30. The van der Waals surface area contributed by atoms with Gasteiger partial charge in [-0.05, 0) is 12.1 Å². The van der Waals surface area contributed by atoms with E-state index in [0.29, 0.717) is 0 Å². The van der Waals surface area contributed by atoms with Crippen molar-refractivity contribution in [1.82, 2.24) is 4.90 Å². The van der Waals surface area contributed by atoms with Crippen LogP contribution < -0.4 is 0 Å². The van der Waals surface area contributed by atoms with E-state index in [9.17, 15) is 14.0 Å². The smallest absolute Gasteiger partial charge is 0.334 e. The van der Waals surface area contributed by atoms with Crippen molar-refractivity contribution in [1.29, 1.82) is 0 Å². The van der Waals surface area contributed by atoms with Crippen LogP contribution in [-0.2, 0) is 9.53 Å². The number of hydrogen-bond donors (Lipinski definition) is 1. The Hall–Kier alpha value is -1.66. The molecule has 1 aliphatic heterocycles. The molecule has 1 aromatic rings. The second-order valence-electron chi connectivity index (χ2n) is 4.05. The summed E-state index contributed by atoms with van der Waals surface area (Å²) < 4.78 is 18.3. The number of rotatable bonds is 2. The van der Waals surface area contributed by atoms with Gasteiger partial charge in [0.05, 0.1) is 23.7 Å². The van der Waals surface area contributed by atoms with E-state index < -0.39 is 23.8 Å². The first-order valence-corrected chi connectivity index (χ1v) is 5.96. The maximum atomic E-state index is 13.3. The van der Waals surface area contributed by atoms with Crippen LogP contribution in [0.3, 0.4) is 0 Å². The molecule has 1 atom stereocenters. The van der Waals surface area contributed by atoms with Gasteiger partial charge in [0.1, 0.15) is 5.82 Å². The maximum absolute atomic E-state index is 13.3. The molecule has 0 bridgehead atoms. The molecule has 1 fully saturated rings. The van der Waals surface area contributed by atoms with E-state index in [1.807, 2.05) is 0 Å². The third kappa shape index (κ3) is 2.85. The molecule has 1 unspecified atom stereocenters. The molecule has 1 aliphatic rings. The Kier molecular flexibility index (Phi) is 4.01. The summed E-state index contributed by atoms with van der Waals surface area (Å²) in [5.41, 5.74) is 0.0210. The SMILES string of the molecule is O=C(O)C1CN(C(=O)c2cccc(F)c2Cl)CCO1. The first kappa shape index (κ1) is 13.8. The molecule has 5 nitrogen and oxygen atoms in total. The van der Waals surface area contributed by atoms with Crippen molar-refractivity contribution in [2.75, 3.05) is 19.7 Å². The molecule has 1 saturated heterocycles. The number of nitrogens with zero attached hydrogens (tertiary/aromatic N) is 1. The topological polar surface area (TPSA) is 66.8 Å². The number of morpholine rings is 1. The Labute approximate surface area is 113 Å². The molecule has 19 heavy (non-hydrogen) atoms. The van der Waals surface area contributed by atoms with Gasteiger partial charge in [0, 0.05) is 6.54 Å². The highest BCUT2D eigenvalue weighted by Crippen LogP contribution is 2.22. The summed E-state index contributed by atoms with van der Waals surface area (Å²) in [4.78, 5) is 24.3. The second kappa shape index (κ2) is 5.54. The van der Waals surface area contributed by atoms with E-state index >= 15 is 0 Å². The Balaban J connectivity index is 2.19. The molecular weight excluding hydrogens is 277 g/mol. The summed E-state index contributed by atoms with van der Waals surface area (Å²) >= 11 is 5.74. The van der Waals surface area contributed by atoms with Crippen molar-refractivity contribution in [3.8, 4) is 0 Å². The van der Waals surface area contributed by atoms with Crippen molar-refractivity contribution in [3.05, 3.63) is 34.6 Å². The van der Waals surface area contributed by atoms with Crippen LogP contribution in [0.4, 0.5) is 4.39 Å². The van der Waals surface area contributed by atoms with Gasteiger partial charge < -0.3 is 14.7 Å². The van der Waals surface area contributed by atoms with Crippen molar-refractivity contribution < 1.29 is 23.8 Å². The number of hydrogen-bond acceptors (Lipinski definition) is 3. The van der Waals surface area contributed by atoms with Crippen molar-refractivity contribution in [2.24, 2.45) is 0 Å². The van der Waals surface area contributed by atoms with Crippen LogP contribution in [0.2, 0.25) is 5.02 Å². The Morgan fingerprint density at radius 3 is 2.89 bits per heavy atom. The fourth-order valence-corrected chi connectivity index (χ4v) is 2.03. The molecule has 2 rings (SSSR count). The van der Waals surface area contributed by atoms with E-state index in [1.165, 1.54) is 17.0 Å². The monoisotopic (exact) mass is 287 g/mol. The number of carboxylic acid groups (broad SMARTS) is 1. The van der Waals surface area contributed by atoms with Crippen LogP contribution in [0.25, 0.3) is 0 Å². The molecule has 1 heterocycles. The summed E-state index contributed by atoms with van der Waals surface area (Å²) in [6.07, 6.45) is -1.06. The first-order valence-electron chi connectivity index (χ1n) is 5.58. The van der Waals surface area contributed by atoms with Crippen LogP contribution in [-0.4, -0.2) is 47.7 Å². The summed E-state index contributed by atoms with van der Waals surface area (Å²) in [7, 11) is 0. The first-order chi connectivity index (χ1) is 9.00. The van der Waals surface area contributed by atoms with Crippen molar-refractivity contribution >= 4 is 23.5 Å². The fraction of sp³-hybridized carbons (Fsp3) is 0.333. The van der Waals surface area contributed by atoms with Gasteiger partial charge in [-0.25, -0.2) is 9.18 Å². The summed E-state index contributed by atoms with van der Waals surface area (Å²) in [6.45, 7) is 0.284. The average Bonchev–Trinajstić information content (AvgIpc) is 2.41. The largest absolute Gasteiger partial charge is 0.479 e. The highest BCUT2D eigenvalue weighted by atomic mass is 35.5. The van der Waals surface area contributed by atoms with Gasteiger partial charge in [0.2, 0.25) is 0 Å². The normalized spacial score (nSPS) is 19.3. The van der Waals surface area contributed by atoms with Crippen LogP contribution in [0.1, 0.15) is 10.4 Å². The lowest BCUT2D eigenvalue weighted by atomic mass is 10.1. The van der Waals surface area contributed by atoms with Gasteiger partial charge in [0.25, 0.3) is 5.91 Å². The highest BCUT2D eigenvalue weighted by molar-refractivity contribution is 6.34. The van der Waals surface area contributed by atoms with Crippen LogP contribution in [0.15, 0.2) is 18.2 Å². The zero-order chi connectivity index (χ0) is 14.0. The molecule has 0 spiro atoms. The van der Waals surface area contributed by atoms with Gasteiger partial charge in [-0.1, -0.05) is 17.7 Å². The van der Waals surface area contributed by atoms with E-state index in [2.05, 4.69) is 0 Å². The lowest BCUT2D eigenvalue weighted by molar-refractivity contribution is -0.154. The van der Waals surface area contributed by atoms with Gasteiger partial charge in [-0.2, -0.15) is 0 Å². The molecule has 0 saturated carbocycles. The van der Waals surface area contributed by atoms with E-state index in [1.54, 1.807) is 0 Å². The van der Waals surface area contributed by atoms with Crippen LogP contribution in [0.5, 0.6) is 0 Å². The van der Waals surface area contributed by atoms with Gasteiger partial charge in [0.15, 0.2) is 6.10 Å². The van der Waals surface area contributed by atoms with Gasteiger partial charge in [-0.3, -0.25) is 4.79 Å². The van der Waals surface area contributed by atoms with Crippen molar-refractivity contribution in [3.63, 3.8) is 0 Å². The molecule has 1 N–H and O–H groups in total. The standard InChI is InChI=1S/C12H11ClFNO4/c13-10-7(2-1-3-8(10)14)11(16)15-4-5-19-9(6-15)12(17)18/h1-3,9H,4-6H2,(H,17,18). The van der Waals surface area contributed by atoms with Gasteiger partial charge in [-0.15, -0.1) is 0 Å². The van der Waals surface area contributed by atoms with E-state index in [-0.39, 0.29) is 30.3 Å². The molecule has 0 radical (unpaired) electrons. The number of carbonyl (C=O) groups is 2. The van der Waals surface area contributed by atoms with Crippen LogP contribution in [0, 0.1) is 5.82 Å². The average molecular weight is 288 g/mol. The predicted molar refractivity (Wildman–Crippen MR) is 64.7 cm³/mol. The number of aliphatic carboxylic acids is 1. The zero-order valence-electron chi connectivity index (χ0n) is 9.81. The minimum atomic E-state index is -1.14. The van der Waals surface area contributed by atoms with E-state index in [0.717, 1.165) is 6.07 Å². The molecule has 102 valence electrons. The fourth-order valence-electron chi connectivity index (χ4n) is 1.82. The Morgan fingerprint density at radius 2 is 2.21 bits per heavy atom. The summed E-state index contributed by atoms with van der Waals surface area (Å²) in [5, 5.41) is 8.60. The Morgan fingerprint density at radius 1 is 1.47 bits per heavy atom. The lowest BCUT2D eigenvalue weighted by Crippen LogP contribution is -2.48. The number of benzene rings is 1. The third-order valence-electron chi connectivity index (χ3n) is 2.81. The Bertz CT molecular complexity index is 522. The molecule has 0 aromatic heterocycles. The number of ether oxygens (including phenoxy) is 1. The van der Waals surface area contributed by atoms with E-state index in [4.69, 9.17) is 21.4 Å². The quantitative estimate of drug-likeness (QED) is 0.893. The van der Waals surface area contributed by atoms with Crippen LogP contribution >= 0.6 is 11.6 Å². The lowest BCUT2D eigenvalue weighted by Gasteiger charge is -2.31. The number of halogens is 2. The molecule has 0 aliphatic carbocycles. The zero-order valence-corrected chi connectivity index (χ0v) is 10.6. The predicted octanol–water partition coefficient (Wildman–Crippen LogP) is 1.40. The molecule has 7 heteroatoms. The summed E-state index contributed by atoms with van der Waals surface area (Å²) in [6, 6.07) is 3.93. The van der Waals surface area contributed by atoms with Gasteiger partial charge >= 0.3 is 5.97 Å². The summed E-state index contributed by atoms with van der Waals surface area (Å²) in [5.74, 6) is -2.32. The molecule has 1 amide bonds. The molecule has 1 aromatic carbocycles. The molecular formula is C12H11ClFNO4. The third-order valence-corrected chi connectivity index (χ3v) is 3.20. The van der Waals surface area contributed by atoms with Crippen molar-refractivity contribution in [2.45, 2.75) is 6.10 Å².